The van der Waals surface area contributed by atoms with Crippen molar-refractivity contribution in [2.24, 2.45) is 5.73 Å². The van der Waals surface area contributed by atoms with Crippen molar-refractivity contribution in [2.45, 2.75) is 0 Å². The third-order valence-electron chi connectivity index (χ3n) is 2.19. The minimum absolute atomic E-state index is 0. The molecule has 3 nitrogen and oxygen atoms in total. The van der Waals surface area contributed by atoms with Crippen molar-refractivity contribution in [3.63, 3.8) is 0 Å². The highest BCUT2D eigenvalue weighted by atomic mass is 35.5. The molecule has 0 fully saturated rings. The van der Waals surface area contributed by atoms with E-state index >= 15 is 0 Å². The van der Waals surface area contributed by atoms with Crippen LogP contribution in [0.15, 0.2) is 48.8 Å². The predicted molar refractivity (Wildman–Crippen MR) is 67.9 cm³/mol. The second-order valence-electron chi connectivity index (χ2n) is 3.20. The van der Waals surface area contributed by atoms with E-state index < -0.39 is 0 Å². The van der Waals surface area contributed by atoms with Crippen molar-refractivity contribution >= 4 is 18.2 Å². The summed E-state index contributed by atoms with van der Waals surface area (Å²) in [4.78, 5) is 4.05. The van der Waals surface area contributed by atoms with Gasteiger partial charge in [0.2, 0.25) is 0 Å². The van der Waals surface area contributed by atoms with Crippen LogP contribution in [0.5, 0.6) is 0 Å². The lowest BCUT2D eigenvalue weighted by molar-refractivity contribution is 1.32. The van der Waals surface area contributed by atoms with Crippen LogP contribution in [0.1, 0.15) is 5.56 Å². The fourth-order valence-corrected chi connectivity index (χ4v) is 1.49. The third kappa shape index (κ3) is 2.38. The Balaban J connectivity index is 0.00000128. The first kappa shape index (κ1) is 12.2. The van der Waals surface area contributed by atoms with E-state index in [1.54, 1.807) is 12.4 Å². The molecule has 0 atom stereocenters. The van der Waals surface area contributed by atoms with Crippen LogP contribution in [0, 0.1) is 5.41 Å². The molecule has 82 valence electrons. The first-order valence-corrected chi connectivity index (χ1v) is 4.63. The molecular formula is C12H12ClN3. The van der Waals surface area contributed by atoms with Gasteiger partial charge in [-0.3, -0.25) is 10.4 Å². The summed E-state index contributed by atoms with van der Waals surface area (Å²) in [5, 5.41) is 7.48. The quantitative estimate of drug-likeness (QED) is 0.618. The van der Waals surface area contributed by atoms with E-state index in [1.807, 2.05) is 36.4 Å². The molecular weight excluding hydrogens is 222 g/mol. The van der Waals surface area contributed by atoms with Gasteiger partial charge in [0.05, 0.1) is 0 Å². The Bertz CT molecular complexity index is 483. The molecule has 0 unspecified atom stereocenters. The molecule has 1 heterocycles. The number of pyridine rings is 1. The van der Waals surface area contributed by atoms with Gasteiger partial charge in [-0.05, 0) is 11.6 Å². The average Bonchev–Trinajstić information content (AvgIpc) is 2.30. The molecule has 2 rings (SSSR count). The molecule has 3 N–H and O–H groups in total. The van der Waals surface area contributed by atoms with Gasteiger partial charge in [0.1, 0.15) is 5.84 Å². The van der Waals surface area contributed by atoms with Gasteiger partial charge >= 0.3 is 0 Å². The summed E-state index contributed by atoms with van der Waals surface area (Å²) in [6.45, 7) is 0. The SMILES string of the molecule is Cl.N=C(N)c1ccccc1-c1cccnc1. The van der Waals surface area contributed by atoms with Crippen molar-refractivity contribution in [1.29, 1.82) is 5.41 Å². The maximum absolute atomic E-state index is 7.48. The number of nitrogens with zero attached hydrogens (tertiary/aromatic N) is 1. The number of halogens is 1. The summed E-state index contributed by atoms with van der Waals surface area (Å²) in [6, 6.07) is 11.4. The molecule has 4 heteroatoms. The fourth-order valence-electron chi connectivity index (χ4n) is 1.49. The number of rotatable bonds is 2. The molecule has 0 aliphatic rings. The molecule has 0 aliphatic heterocycles. The van der Waals surface area contributed by atoms with E-state index in [0.717, 1.165) is 16.7 Å². The molecule has 0 aliphatic carbocycles. The monoisotopic (exact) mass is 233 g/mol. The van der Waals surface area contributed by atoms with Crippen LogP contribution >= 0.6 is 12.4 Å². The molecule has 0 radical (unpaired) electrons. The average molecular weight is 234 g/mol. The Labute approximate surface area is 100 Å². The summed E-state index contributed by atoms with van der Waals surface area (Å²) in [6.07, 6.45) is 3.49. The van der Waals surface area contributed by atoms with Crippen LogP contribution in [0.25, 0.3) is 11.1 Å². The van der Waals surface area contributed by atoms with Crippen molar-refractivity contribution in [3.05, 3.63) is 54.4 Å². The number of hydrogen-bond donors (Lipinski definition) is 2. The van der Waals surface area contributed by atoms with E-state index in [1.165, 1.54) is 0 Å². The molecule has 0 bridgehead atoms. The Hall–Kier alpha value is -1.87. The number of nitrogens with two attached hydrogens (primary N) is 1. The molecule has 0 amide bonds. The summed E-state index contributed by atoms with van der Waals surface area (Å²) in [5.74, 6) is 0.0782. The van der Waals surface area contributed by atoms with E-state index in [9.17, 15) is 0 Å². The lowest BCUT2D eigenvalue weighted by atomic mass is 10.0. The zero-order chi connectivity index (χ0) is 10.7. The van der Waals surface area contributed by atoms with Crippen LogP contribution in [-0.2, 0) is 0 Å². The Kier molecular flexibility index (Phi) is 4.03. The van der Waals surface area contributed by atoms with Gasteiger partial charge < -0.3 is 5.73 Å². The predicted octanol–water partition coefficient (Wildman–Crippen LogP) is 2.45. The summed E-state index contributed by atoms with van der Waals surface area (Å²) in [7, 11) is 0. The van der Waals surface area contributed by atoms with Crippen molar-refractivity contribution in [3.8, 4) is 11.1 Å². The van der Waals surface area contributed by atoms with E-state index in [-0.39, 0.29) is 18.2 Å². The first-order valence-electron chi connectivity index (χ1n) is 4.63. The Morgan fingerprint density at radius 3 is 2.50 bits per heavy atom. The van der Waals surface area contributed by atoms with Gasteiger partial charge in [-0.2, -0.15) is 0 Å². The van der Waals surface area contributed by atoms with E-state index in [2.05, 4.69) is 4.98 Å². The van der Waals surface area contributed by atoms with E-state index in [4.69, 9.17) is 11.1 Å². The number of hydrogen-bond acceptors (Lipinski definition) is 2. The Morgan fingerprint density at radius 1 is 1.12 bits per heavy atom. The summed E-state index contributed by atoms with van der Waals surface area (Å²) >= 11 is 0. The maximum Gasteiger partial charge on any atom is 0.123 e. The molecule has 1 aromatic carbocycles. The second kappa shape index (κ2) is 5.28. The highest BCUT2D eigenvalue weighted by Gasteiger charge is 2.05. The summed E-state index contributed by atoms with van der Waals surface area (Å²) < 4.78 is 0. The van der Waals surface area contributed by atoms with Crippen LogP contribution in [0.3, 0.4) is 0 Å². The van der Waals surface area contributed by atoms with Crippen molar-refractivity contribution in [2.75, 3.05) is 0 Å². The van der Waals surface area contributed by atoms with Crippen LogP contribution in [0.2, 0.25) is 0 Å². The maximum atomic E-state index is 7.48. The molecule has 1 aromatic heterocycles. The number of aromatic nitrogens is 1. The van der Waals surface area contributed by atoms with Crippen LogP contribution in [0.4, 0.5) is 0 Å². The first-order chi connectivity index (χ1) is 7.29. The molecule has 16 heavy (non-hydrogen) atoms. The van der Waals surface area contributed by atoms with Crippen molar-refractivity contribution in [1.82, 2.24) is 4.98 Å². The molecule has 0 spiro atoms. The number of nitrogens with one attached hydrogen (secondary N) is 1. The van der Waals surface area contributed by atoms with Gasteiger partial charge in [-0.25, -0.2) is 0 Å². The molecule has 0 saturated carbocycles. The smallest absolute Gasteiger partial charge is 0.123 e. The van der Waals surface area contributed by atoms with Gasteiger partial charge in [-0.1, -0.05) is 30.3 Å². The third-order valence-corrected chi connectivity index (χ3v) is 2.19. The lowest BCUT2D eigenvalue weighted by Gasteiger charge is -2.06. The summed E-state index contributed by atoms with van der Waals surface area (Å²) in [5.41, 5.74) is 8.17. The highest BCUT2D eigenvalue weighted by molar-refractivity contribution is 6.01. The zero-order valence-electron chi connectivity index (χ0n) is 8.55. The van der Waals surface area contributed by atoms with Gasteiger partial charge in [0, 0.05) is 23.5 Å². The van der Waals surface area contributed by atoms with Crippen molar-refractivity contribution < 1.29 is 0 Å². The Morgan fingerprint density at radius 2 is 1.88 bits per heavy atom. The lowest BCUT2D eigenvalue weighted by Crippen LogP contribution is -2.12. The topological polar surface area (TPSA) is 62.8 Å². The zero-order valence-corrected chi connectivity index (χ0v) is 9.37. The molecule has 2 aromatic rings. The normalized spacial score (nSPS) is 9.25. The van der Waals surface area contributed by atoms with Gasteiger partial charge in [0.25, 0.3) is 0 Å². The minimum Gasteiger partial charge on any atom is -0.384 e. The van der Waals surface area contributed by atoms with Crippen LogP contribution < -0.4 is 5.73 Å². The van der Waals surface area contributed by atoms with Crippen LogP contribution in [-0.4, -0.2) is 10.8 Å². The van der Waals surface area contributed by atoms with Gasteiger partial charge in [-0.15, -0.1) is 12.4 Å². The largest absolute Gasteiger partial charge is 0.384 e. The van der Waals surface area contributed by atoms with E-state index in [0.29, 0.717) is 0 Å². The number of benzene rings is 1. The molecule has 0 saturated heterocycles. The standard InChI is InChI=1S/C12H11N3.ClH/c13-12(14)11-6-2-1-5-10(11)9-4-3-7-15-8-9;/h1-8H,(H3,13,14);1H. The highest BCUT2D eigenvalue weighted by Crippen LogP contribution is 2.21. The second-order valence-corrected chi connectivity index (χ2v) is 3.20. The number of amidine groups is 1. The fraction of sp³-hybridized carbons (Fsp3) is 0. The minimum atomic E-state index is 0. The van der Waals surface area contributed by atoms with Gasteiger partial charge in [0.15, 0.2) is 0 Å². The number of nitrogen functional groups attached to an aromatic ring is 1.